The Balaban J connectivity index is 1.69. The van der Waals surface area contributed by atoms with Crippen molar-refractivity contribution in [2.75, 3.05) is 19.7 Å². The summed E-state index contributed by atoms with van der Waals surface area (Å²) < 4.78 is 5.68. The topological polar surface area (TPSA) is 47.3 Å². The Bertz CT molecular complexity index is 315. The molecule has 0 aromatic carbocycles. The van der Waals surface area contributed by atoms with Gasteiger partial charge >= 0.3 is 0 Å². The van der Waals surface area contributed by atoms with E-state index in [0.717, 1.165) is 26.1 Å². The molecule has 3 unspecified atom stereocenters. The van der Waals surface area contributed by atoms with E-state index in [1.54, 1.807) is 11.3 Å². The van der Waals surface area contributed by atoms with E-state index in [9.17, 15) is 0 Å². The molecule has 1 fully saturated rings. The van der Waals surface area contributed by atoms with Crippen molar-refractivity contribution >= 4 is 11.3 Å². The lowest BCUT2D eigenvalue weighted by atomic mass is 9.99. The van der Waals surface area contributed by atoms with Gasteiger partial charge in [0.2, 0.25) is 0 Å². The quantitative estimate of drug-likeness (QED) is 0.818. The van der Waals surface area contributed by atoms with Gasteiger partial charge < -0.3 is 15.8 Å². The first kappa shape index (κ1) is 13.0. The number of hydrogen-bond acceptors (Lipinski definition) is 4. The molecule has 1 aromatic heterocycles. The molecule has 0 saturated carbocycles. The van der Waals surface area contributed by atoms with Gasteiger partial charge in [-0.1, -0.05) is 13.0 Å². The third-order valence-electron chi connectivity index (χ3n) is 3.43. The minimum absolute atomic E-state index is 0.123. The molecule has 2 heterocycles. The molecule has 1 aromatic rings. The molecule has 4 heteroatoms. The maximum Gasteiger partial charge on any atom is 0.0613 e. The largest absolute Gasteiger partial charge is 0.378 e. The number of hydrogen-bond donors (Lipinski definition) is 2. The lowest BCUT2D eigenvalue weighted by Crippen LogP contribution is -2.33. The van der Waals surface area contributed by atoms with Crippen LogP contribution in [0.4, 0.5) is 0 Å². The molecular weight excluding hydrogens is 232 g/mol. The van der Waals surface area contributed by atoms with Crippen LogP contribution in [-0.2, 0) is 4.74 Å². The molecule has 96 valence electrons. The fourth-order valence-electron chi connectivity index (χ4n) is 2.40. The molecule has 1 aliphatic heterocycles. The van der Waals surface area contributed by atoms with E-state index in [2.05, 4.69) is 29.8 Å². The van der Waals surface area contributed by atoms with E-state index in [1.807, 2.05) is 0 Å². The van der Waals surface area contributed by atoms with Crippen molar-refractivity contribution in [3.8, 4) is 0 Å². The fourth-order valence-corrected chi connectivity index (χ4v) is 3.13. The van der Waals surface area contributed by atoms with E-state index < -0.39 is 0 Å². The third-order valence-corrected chi connectivity index (χ3v) is 4.43. The molecule has 3 nitrogen and oxygen atoms in total. The van der Waals surface area contributed by atoms with Gasteiger partial charge in [0.05, 0.1) is 12.1 Å². The molecule has 0 aliphatic carbocycles. The van der Waals surface area contributed by atoms with E-state index in [1.165, 1.54) is 11.3 Å². The van der Waals surface area contributed by atoms with Crippen LogP contribution in [0.5, 0.6) is 0 Å². The summed E-state index contributed by atoms with van der Waals surface area (Å²) in [5, 5.41) is 5.56. The van der Waals surface area contributed by atoms with Gasteiger partial charge in [-0.3, -0.25) is 0 Å². The Morgan fingerprint density at radius 1 is 1.65 bits per heavy atom. The summed E-state index contributed by atoms with van der Waals surface area (Å²) >= 11 is 1.73. The second-order valence-corrected chi connectivity index (χ2v) is 5.63. The highest BCUT2D eigenvalue weighted by atomic mass is 32.1. The van der Waals surface area contributed by atoms with E-state index in [-0.39, 0.29) is 6.04 Å². The smallest absolute Gasteiger partial charge is 0.0613 e. The van der Waals surface area contributed by atoms with Crippen molar-refractivity contribution < 1.29 is 4.74 Å². The molecule has 2 rings (SSSR count). The molecular formula is C13H22N2OS. The fraction of sp³-hybridized carbons (Fsp3) is 0.692. The van der Waals surface area contributed by atoms with Crippen molar-refractivity contribution in [3.63, 3.8) is 0 Å². The highest BCUT2D eigenvalue weighted by Gasteiger charge is 2.26. The van der Waals surface area contributed by atoms with Gasteiger partial charge in [-0.25, -0.2) is 0 Å². The molecule has 3 atom stereocenters. The molecule has 0 amide bonds. The van der Waals surface area contributed by atoms with Crippen LogP contribution in [0.25, 0.3) is 0 Å². The van der Waals surface area contributed by atoms with E-state index in [0.29, 0.717) is 12.0 Å². The van der Waals surface area contributed by atoms with Gasteiger partial charge in [0.25, 0.3) is 0 Å². The minimum Gasteiger partial charge on any atom is -0.378 e. The third kappa shape index (κ3) is 3.52. The van der Waals surface area contributed by atoms with Gasteiger partial charge in [-0.2, -0.15) is 0 Å². The van der Waals surface area contributed by atoms with Crippen LogP contribution >= 0.6 is 11.3 Å². The number of ether oxygens (including phenoxy) is 1. The van der Waals surface area contributed by atoms with Crippen molar-refractivity contribution in [1.29, 1.82) is 0 Å². The summed E-state index contributed by atoms with van der Waals surface area (Å²) in [5.74, 6) is 0.663. The predicted octanol–water partition coefficient (Wildman–Crippen LogP) is 2.15. The molecule has 0 spiro atoms. The van der Waals surface area contributed by atoms with Gasteiger partial charge in [-0.15, -0.1) is 11.3 Å². The maximum atomic E-state index is 6.11. The molecule has 17 heavy (non-hydrogen) atoms. The Morgan fingerprint density at radius 2 is 2.53 bits per heavy atom. The number of nitrogens with two attached hydrogens (primary N) is 1. The Morgan fingerprint density at radius 3 is 3.24 bits per heavy atom. The van der Waals surface area contributed by atoms with Gasteiger partial charge in [0.15, 0.2) is 0 Å². The first-order chi connectivity index (χ1) is 8.31. The van der Waals surface area contributed by atoms with Crippen LogP contribution in [0.15, 0.2) is 17.5 Å². The SMILES string of the molecule is CCC1OCCC1CNCC(N)c1cccs1. The molecule has 3 N–H and O–H groups in total. The Labute approximate surface area is 107 Å². The molecule has 1 saturated heterocycles. The summed E-state index contributed by atoms with van der Waals surface area (Å²) in [6, 6.07) is 4.28. The molecule has 0 bridgehead atoms. The lowest BCUT2D eigenvalue weighted by Gasteiger charge is -2.18. The summed E-state index contributed by atoms with van der Waals surface area (Å²) in [5.41, 5.74) is 6.11. The first-order valence-electron chi connectivity index (χ1n) is 6.42. The Kier molecular flexibility index (Phi) is 4.98. The summed E-state index contributed by atoms with van der Waals surface area (Å²) in [4.78, 5) is 1.26. The van der Waals surface area contributed by atoms with Crippen LogP contribution in [0.1, 0.15) is 30.7 Å². The zero-order valence-electron chi connectivity index (χ0n) is 10.4. The summed E-state index contributed by atoms with van der Waals surface area (Å²) in [6.07, 6.45) is 2.74. The average molecular weight is 254 g/mol. The van der Waals surface area contributed by atoms with Crippen LogP contribution in [-0.4, -0.2) is 25.8 Å². The zero-order chi connectivity index (χ0) is 12.1. The van der Waals surface area contributed by atoms with Crippen LogP contribution in [0.3, 0.4) is 0 Å². The lowest BCUT2D eigenvalue weighted by molar-refractivity contribution is 0.0872. The monoisotopic (exact) mass is 254 g/mol. The van der Waals surface area contributed by atoms with Crippen molar-refractivity contribution in [3.05, 3.63) is 22.4 Å². The number of rotatable bonds is 6. The van der Waals surface area contributed by atoms with E-state index >= 15 is 0 Å². The number of nitrogens with one attached hydrogen (secondary N) is 1. The van der Waals surface area contributed by atoms with Crippen LogP contribution in [0, 0.1) is 5.92 Å². The van der Waals surface area contributed by atoms with Gasteiger partial charge in [-0.05, 0) is 30.2 Å². The summed E-state index contributed by atoms with van der Waals surface area (Å²) in [6.45, 7) is 4.99. The second kappa shape index (κ2) is 6.50. The van der Waals surface area contributed by atoms with Crippen molar-refractivity contribution in [1.82, 2.24) is 5.32 Å². The van der Waals surface area contributed by atoms with Gasteiger partial charge in [0, 0.05) is 24.6 Å². The average Bonchev–Trinajstić information content (AvgIpc) is 2.99. The second-order valence-electron chi connectivity index (χ2n) is 4.65. The first-order valence-corrected chi connectivity index (χ1v) is 7.30. The maximum absolute atomic E-state index is 6.11. The number of thiophene rings is 1. The summed E-state index contributed by atoms with van der Waals surface area (Å²) in [7, 11) is 0. The van der Waals surface area contributed by atoms with Crippen LogP contribution in [0.2, 0.25) is 0 Å². The van der Waals surface area contributed by atoms with Crippen molar-refractivity contribution in [2.45, 2.75) is 31.9 Å². The molecule has 1 aliphatic rings. The standard InChI is InChI=1S/C13H22N2OS/c1-2-12-10(5-6-16-12)8-15-9-11(14)13-4-3-7-17-13/h3-4,7,10-12,15H,2,5-6,8-9,14H2,1H3. The van der Waals surface area contributed by atoms with Crippen LogP contribution < -0.4 is 11.1 Å². The predicted molar refractivity (Wildman–Crippen MR) is 72.3 cm³/mol. The van der Waals surface area contributed by atoms with E-state index in [4.69, 9.17) is 10.5 Å². The normalized spacial score (nSPS) is 26.2. The van der Waals surface area contributed by atoms with Gasteiger partial charge in [0.1, 0.15) is 0 Å². The Hall–Kier alpha value is -0.420. The minimum atomic E-state index is 0.123. The highest BCUT2D eigenvalue weighted by molar-refractivity contribution is 7.10. The zero-order valence-corrected chi connectivity index (χ0v) is 11.2. The van der Waals surface area contributed by atoms with Crippen molar-refractivity contribution in [2.24, 2.45) is 11.7 Å². The molecule has 0 radical (unpaired) electrons. The highest BCUT2D eigenvalue weighted by Crippen LogP contribution is 2.22.